The van der Waals surface area contributed by atoms with Crippen molar-refractivity contribution < 1.29 is 14.4 Å². The molecule has 0 amide bonds. The van der Waals surface area contributed by atoms with E-state index in [1.807, 2.05) is 37.3 Å². The summed E-state index contributed by atoms with van der Waals surface area (Å²) in [4.78, 5) is 0. The maximum Gasteiger partial charge on any atom is 0.137 e. The first-order valence-electron chi connectivity index (χ1n) is 6.69. The number of benzene rings is 2. The largest absolute Gasteiger partial charge is 0.497 e. The van der Waals surface area contributed by atoms with Gasteiger partial charge in [-0.05, 0) is 48.9 Å². The lowest BCUT2D eigenvalue weighted by molar-refractivity contribution is 0.302. The van der Waals surface area contributed by atoms with Gasteiger partial charge in [0.25, 0.3) is 0 Å². The standard InChI is InChI=1S/C17H14ClNO3/c1-10-7-17-13(8-14(10)18)15(19-20)9-16(22-17)11-3-5-12(21-2)6-4-11/h3-9,20H,1-2H3/b19-15-. The molecule has 112 valence electrons. The van der Waals surface area contributed by atoms with Crippen molar-refractivity contribution >= 4 is 22.6 Å². The Kier molecular flexibility index (Phi) is 3.77. The molecule has 0 aliphatic heterocycles. The van der Waals surface area contributed by atoms with Crippen molar-refractivity contribution in [1.29, 1.82) is 0 Å². The Balaban J connectivity index is 2.24. The summed E-state index contributed by atoms with van der Waals surface area (Å²) in [6.45, 7) is 1.90. The maximum atomic E-state index is 9.27. The third kappa shape index (κ3) is 2.53. The first-order chi connectivity index (χ1) is 10.6. The van der Waals surface area contributed by atoms with Crippen LogP contribution in [0.5, 0.6) is 5.75 Å². The van der Waals surface area contributed by atoms with Crippen molar-refractivity contribution in [3.05, 3.63) is 58.4 Å². The molecule has 0 saturated heterocycles. The molecule has 0 fully saturated rings. The number of aryl methyl sites for hydroxylation is 1. The maximum absolute atomic E-state index is 9.27. The minimum atomic E-state index is 0.411. The summed E-state index contributed by atoms with van der Waals surface area (Å²) >= 11 is 6.13. The van der Waals surface area contributed by atoms with E-state index in [2.05, 4.69) is 5.16 Å². The van der Waals surface area contributed by atoms with Crippen LogP contribution in [0, 0.1) is 6.92 Å². The van der Waals surface area contributed by atoms with Gasteiger partial charge in [-0.3, -0.25) is 0 Å². The summed E-state index contributed by atoms with van der Waals surface area (Å²) in [6, 6.07) is 12.7. The molecule has 0 radical (unpaired) electrons. The van der Waals surface area contributed by atoms with Crippen LogP contribution >= 0.6 is 11.6 Å². The van der Waals surface area contributed by atoms with Crippen molar-refractivity contribution in [1.82, 2.24) is 0 Å². The molecule has 0 saturated carbocycles. The van der Waals surface area contributed by atoms with E-state index in [0.29, 0.717) is 27.1 Å². The van der Waals surface area contributed by atoms with Crippen molar-refractivity contribution in [2.24, 2.45) is 5.16 Å². The van der Waals surface area contributed by atoms with Crippen LogP contribution in [0.1, 0.15) is 5.56 Å². The fourth-order valence-electron chi connectivity index (χ4n) is 2.27. The highest BCUT2D eigenvalue weighted by molar-refractivity contribution is 6.32. The van der Waals surface area contributed by atoms with E-state index in [4.69, 9.17) is 20.8 Å². The SMILES string of the molecule is COc1ccc(-c2c/c(=N/O)c3cc(Cl)c(C)cc3o2)cc1. The van der Waals surface area contributed by atoms with E-state index < -0.39 is 0 Å². The van der Waals surface area contributed by atoms with Crippen LogP contribution in [0.2, 0.25) is 5.02 Å². The van der Waals surface area contributed by atoms with Crippen molar-refractivity contribution in [3.63, 3.8) is 0 Å². The number of halogens is 1. The molecule has 1 aromatic heterocycles. The number of rotatable bonds is 2. The number of fused-ring (bicyclic) bond motifs is 1. The van der Waals surface area contributed by atoms with Crippen molar-refractivity contribution in [3.8, 4) is 17.1 Å². The number of methoxy groups -OCH3 is 1. The first kappa shape index (κ1) is 14.5. The molecule has 1 heterocycles. The summed E-state index contributed by atoms with van der Waals surface area (Å²) in [5.74, 6) is 1.36. The molecule has 0 spiro atoms. The Bertz CT molecular complexity index is 898. The fourth-order valence-corrected chi connectivity index (χ4v) is 2.43. The fraction of sp³-hybridized carbons (Fsp3) is 0.118. The van der Waals surface area contributed by atoms with E-state index >= 15 is 0 Å². The van der Waals surface area contributed by atoms with Crippen LogP contribution in [-0.4, -0.2) is 12.3 Å². The lowest BCUT2D eigenvalue weighted by Crippen LogP contribution is -2.03. The highest BCUT2D eigenvalue weighted by atomic mass is 35.5. The Morgan fingerprint density at radius 3 is 2.50 bits per heavy atom. The summed E-state index contributed by atoms with van der Waals surface area (Å²) in [7, 11) is 1.62. The third-order valence-electron chi connectivity index (χ3n) is 3.51. The zero-order chi connectivity index (χ0) is 15.7. The second-order valence-electron chi connectivity index (χ2n) is 4.92. The van der Waals surface area contributed by atoms with E-state index in [-0.39, 0.29) is 0 Å². The predicted molar refractivity (Wildman–Crippen MR) is 85.3 cm³/mol. The molecule has 3 rings (SSSR count). The number of nitrogens with zero attached hydrogens (tertiary/aromatic N) is 1. The Hall–Kier alpha value is -2.46. The lowest BCUT2D eigenvalue weighted by atomic mass is 10.1. The van der Waals surface area contributed by atoms with Crippen LogP contribution in [0.25, 0.3) is 22.3 Å². The zero-order valence-electron chi connectivity index (χ0n) is 12.1. The molecule has 4 nitrogen and oxygen atoms in total. The molecule has 0 unspecified atom stereocenters. The highest BCUT2D eigenvalue weighted by Crippen LogP contribution is 2.27. The van der Waals surface area contributed by atoms with Gasteiger partial charge in [-0.1, -0.05) is 16.8 Å². The normalized spacial score (nSPS) is 11.9. The minimum Gasteiger partial charge on any atom is -0.497 e. The first-order valence-corrected chi connectivity index (χ1v) is 7.06. The van der Waals surface area contributed by atoms with Gasteiger partial charge in [-0.25, -0.2) is 0 Å². The van der Waals surface area contributed by atoms with Crippen LogP contribution in [0.3, 0.4) is 0 Å². The van der Waals surface area contributed by atoms with Gasteiger partial charge < -0.3 is 14.4 Å². The Morgan fingerprint density at radius 1 is 1.14 bits per heavy atom. The van der Waals surface area contributed by atoms with E-state index in [9.17, 15) is 5.21 Å². The molecule has 0 aliphatic carbocycles. The Morgan fingerprint density at radius 2 is 1.86 bits per heavy atom. The molecular weight excluding hydrogens is 302 g/mol. The summed E-state index contributed by atoms with van der Waals surface area (Å²) in [5.41, 5.74) is 2.37. The van der Waals surface area contributed by atoms with Gasteiger partial charge in [0, 0.05) is 22.0 Å². The molecule has 2 aromatic carbocycles. The van der Waals surface area contributed by atoms with Gasteiger partial charge in [0.05, 0.1) is 7.11 Å². The predicted octanol–water partition coefficient (Wildman–Crippen LogP) is 4.36. The van der Waals surface area contributed by atoms with Gasteiger partial charge in [0.15, 0.2) is 0 Å². The number of hydrogen-bond donors (Lipinski definition) is 1. The minimum absolute atomic E-state index is 0.411. The molecule has 22 heavy (non-hydrogen) atoms. The molecule has 0 aliphatic rings. The van der Waals surface area contributed by atoms with Gasteiger partial charge in [-0.15, -0.1) is 0 Å². The van der Waals surface area contributed by atoms with Gasteiger partial charge in [0.2, 0.25) is 0 Å². The van der Waals surface area contributed by atoms with Crippen LogP contribution < -0.4 is 10.1 Å². The summed E-state index contributed by atoms with van der Waals surface area (Å²) < 4.78 is 11.1. The Labute approximate surface area is 132 Å². The second-order valence-corrected chi connectivity index (χ2v) is 5.33. The average molecular weight is 316 g/mol. The third-order valence-corrected chi connectivity index (χ3v) is 3.91. The van der Waals surface area contributed by atoms with Crippen molar-refractivity contribution in [2.75, 3.05) is 7.11 Å². The molecule has 3 aromatic rings. The topological polar surface area (TPSA) is 55.0 Å². The monoisotopic (exact) mass is 315 g/mol. The van der Waals surface area contributed by atoms with Crippen LogP contribution in [0.15, 0.2) is 52.0 Å². The smallest absolute Gasteiger partial charge is 0.137 e. The van der Waals surface area contributed by atoms with E-state index in [1.54, 1.807) is 19.2 Å². The average Bonchev–Trinajstić information content (AvgIpc) is 2.55. The quantitative estimate of drug-likeness (QED) is 0.564. The molecule has 0 bridgehead atoms. The van der Waals surface area contributed by atoms with Crippen molar-refractivity contribution in [2.45, 2.75) is 6.92 Å². The van der Waals surface area contributed by atoms with Gasteiger partial charge >= 0.3 is 0 Å². The second kappa shape index (κ2) is 5.73. The molecule has 1 N–H and O–H groups in total. The van der Waals surface area contributed by atoms with E-state index in [0.717, 1.165) is 16.9 Å². The van der Waals surface area contributed by atoms with Gasteiger partial charge in [0.1, 0.15) is 22.5 Å². The van der Waals surface area contributed by atoms with Gasteiger partial charge in [-0.2, -0.15) is 0 Å². The molecule has 5 heteroatoms. The van der Waals surface area contributed by atoms with Crippen LogP contribution in [0.4, 0.5) is 0 Å². The summed E-state index contributed by atoms with van der Waals surface area (Å²) in [5, 5.41) is 14.3. The highest BCUT2D eigenvalue weighted by Gasteiger charge is 2.09. The zero-order valence-corrected chi connectivity index (χ0v) is 12.9. The number of ether oxygens (including phenoxy) is 1. The van der Waals surface area contributed by atoms with Crippen LogP contribution in [-0.2, 0) is 0 Å². The summed E-state index contributed by atoms with van der Waals surface area (Å²) in [6.07, 6.45) is 0. The molecular formula is C17H14ClNO3. The molecule has 0 atom stereocenters. The number of hydrogen-bond acceptors (Lipinski definition) is 4. The van der Waals surface area contributed by atoms with E-state index in [1.165, 1.54) is 0 Å². The lowest BCUT2D eigenvalue weighted by Gasteiger charge is -2.07.